The first-order valence-electron chi connectivity index (χ1n) is 6.36. The maximum absolute atomic E-state index is 11.9. The number of hydrogen-bond acceptors (Lipinski definition) is 4. The highest BCUT2D eigenvalue weighted by Crippen LogP contribution is 2.16. The van der Waals surface area contributed by atoms with E-state index in [0.717, 1.165) is 6.42 Å². The third-order valence-corrected chi connectivity index (χ3v) is 3.42. The summed E-state index contributed by atoms with van der Waals surface area (Å²) < 4.78 is 5.03. The van der Waals surface area contributed by atoms with Crippen LogP contribution in [0.5, 0.6) is 0 Å². The summed E-state index contributed by atoms with van der Waals surface area (Å²) in [5.74, 6) is -1.57. The van der Waals surface area contributed by atoms with E-state index in [9.17, 15) is 14.4 Å². The number of likely N-dealkylation sites (tertiary alicyclic amines) is 1. The number of nitrogens with one attached hydrogen (secondary N) is 1. The Morgan fingerprint density at radius 2 is 1.95 bits per heavy atom. The number of imide groups is 1. The number of rotatable bonds is 4. The van der Waals surface area contributed by atoms with Crippen LogP contribution in [0.2, 0.25) is 0 Å². The summed E-state index contributed by atoms with van der Waals surface area (Å²) in [5.41, 5.74) is -0.0486. The maximum atomic E-state index is 11.9. The third-order valence-electron chi connectivity index (χ3n) is 3.42. The Kier molecular flexibility index (Phi) is 5.69. The second-order valence-electron chi connectivity index (χ2n) is 4.87. The Morgan fingerprint density at radius 1 is 1.30 bits per heavy atom. The molecule has 1 unspecified atom stereocenters. The van der Waals surface area contributed by atoms with Gasteiger partial charge in [0.2, 0.25) is 0 Å². The fourth-order valence-corrected chi connectivity index (χ4v) is 1.99. The Hall–Kier alpha value is -1.89. The SMILES string of the molecule is COCC1CCN(C(=O)NC(=O)C(C)=C(C)C(=O)O)C1. The van der Waals surface area contributed by atoms with E-state index in [4.69, 9.17) is 9.84 Å². The van der Waals surface area contributed by atoms with Gasteiger partial charge < -0.3 is 14.7 Å². The lowest BCUT2D eigenvalue weighted by atomic mass is 10.1. The van der Waals surface area contributed by atoms with Crippen LogP contribution in [-0.2, 0) is 14.3 Å². The first-order chi connectivity index (χ1) is 9.36. The summed E-state index contributed by atoms with van der Waals surface area (Å²) in [7, 11) is 1.61. The Labute approximate surface area is 117 Å². The van der Waals surface area contributed by atoms with Gasteiger partial charge in [-0.05, 0) is 20.3 Å². The van der Waals surface area contributed by atoms with Crippen LogP contribution in [-0.4, -0.2) is 54.7 Å². The van der Waals surface area contributed by atoms with Gasteiger partial charge in [-0.15, -0.1) is 0 Å². The number of urea groups is 1. The van der Waals surface area contributed by atoms with Gasteiger partial charge >= 0.3 is 12.0 Å². The zero-order chi connectivity index (χ0) is 15.3. The highest BCUT2D eigenvalue weighted by Gasteiger charge is 2.27. The van der Waals surface area contributed by atoms with Crippen LogP contribution in [0.25, 0.3) is 0 Å². The summed E-state index contributed by atoms with van der Waals surface area (Å²) >= 11 is 0. The van der Waals surface area contributed by atoms with Crippen molar-refractivity contribution in [2.75, 3.05) is 26.8 Å². The minimum absolute atomic E-state index is 0.0264. The number of carbonyl (C=O) groups excluding carboxylic acids is 2. The predicted molar refractivity (Wildman–Crippen MR) is 71.1 cm³/mol. The van der Waals surface area contributed by atoms with Crippen LogP contribution in [0.15, 0.2) is 11.1 Å². The molecule has 1 fully saturated rings. The molecule has 2 N–H and O–H groups in total. The Bertz CT molecular complexity index is 444. The number of carbonyl (C=O) groups is 3. The van der Waals surface area contributed by atoms with Gasteiger partial charge in [0.15, 0.2) is 0 Å². The number of carboxylic acid groups (broad SMARTS) is 1. The minimum atomic E-state index is -1.17. The molecule has 112 valence electrons. The van der Waals surface area contributed by atoms with Crippen molar-refractivity contribution in [1.82, 2.24) is 10.2 Å². The summed E-state index contributed by atoms with van der Waals surface area (Å²) in [6.45, 7) is 4.38. The molecule has 7 nitrogen and oxygen atoms in total. The zero-order valence-corrected chi connectivity index (χ0v) is 11.9. The molecule has 0 spiro atoms. The molecule has 1 saturated heterocycles. The van der Waals surface area contributed by atoms with E-state index < -0.39 is 17.9 Å². The van der Waals surface area contributed by atoms with Gasteiger partial charge in [0, 0.05) is 37.3 Å². The van der Waals surface area contributed by atoms with Gasteiger partial charge in [0.05, 0.1) is 6.61 Å². The highest BCUT2D eigenvalue weighted by atomic mass is 16.5. The normalized spacial score (nSPS) is 19.6. The average Bonchev–Trinajstić information content (AvgIpc) is 2.85. The number of methoxy groups -OCH3 is 1. The molecule has 3 amide bonds. The highest BCUT2D eigenvalue weighted by molar-refractivity contribution is 6.07. The number of hydrogen-bond donors (Lipinski definition) is 2. The van der Waals surface area contributed by atoms with E-state index >= 15 is 0 Å². The molecule has 1 heterocycles. The lowest BCUT2D eigenvalue weighted by Crippen LogP contribution is -2.42. The molecule has 0 aromatic carbocycles. The summed E-state index contributed by atoms with van der Waals surface area (Å²) in [6, 6.07) is -0.494. The molecular weight excluding hydrogens is 264 g/mol. The van der Waals surface area contributed by atoms with Crippen molar-refractivity contribution in [3.05, 3.63) is 11.1 Å². The Morgan fingerprint density at radius 3 is 2.50 bits per heavy atom. The first-order valence-corrected chi connectivity index (χ1v) is 6.36. The molecule has 1 atom stereocenters. The van der Waals surface area contributed by atoms with E-state index in [-0.39, 0.29) is 17.1 Å². The van der Waals surface area contributed by atoms with E-state index in [0.29, 0.717) is 19.7 Å². The molecule has 1 aliphatic heterocycles. The average molecular weight is 284 g/mol. The molecule has 0 aromatic rings. The molecule has 0 radical (unpaired) electrons. The van der Waals surface area contributed by atoms with Crippen LogP contribution < -0.4 is 5.32 Å². The molecule has 0 aliphatic carbocycles. The molecule has 0 saturated carbocycles. The van der Waals surface area contributed by atoms with Gasteiger partial charge in [-0.2, -0.15) is 0 Å². The molecule has 0 aromatic heterocycles. The van der Waals surface area contributed by atoms with Crippen LogP contribution in [0.3, 0.4) is 0 Å². The van der Waals surface area contributed by atoms with Gasteiger partial charge in [-0.3, -0.25) is 10.1 Å². The third kappa shape index (κ3) is 4.06. The quantitative estimate of drug-likeness (QED) is 0.737. The van der Waals surface area contributed by atoms with Crippen molar-refractivity contribution in [2.45, 2.75) is 20.3 Å². The van der Waals surface area contributed by atoms with Gasteiger partial charge in [0.1, 0.15) is 0 Å². The molecule has 7 heteroatoms. The van der Waals surface area contributed by atoms with Crippen molar-refractivity contribution in [3.63, 3.8) is 0 Å². The zero-order valence-electron chi connectivity index (χ0n) is 11.9. The molecular formula is C13H20N2O5. The summed E-state index contributed by atoms with van der Waals surface area (Å²) in [5, 5.41) is 11.0. The maximum Gasteiger partial charge on any atom is 0.331 e. The largest absolute Gasteiger partial charge is 0.478 e. The lowest BCUT2D eigenvalue weighted by molar-refractivity contribution is -0.133. The van der Waals surface area contributed by atoms with Crippen LogP contribution >= 0.6 is 0 Å². The number of nitrogens with zero attached hydrogens (tertiary/aromatic N) is 1. The first kappa shape index (κ1) is 16.2. The van der Waals surface area contributed by atoms with Gasteiger partial charge in [0.25, 0.3) is 5.91 Å². The predicted octanol–water partition coefficient (Wildman–Crippen LogP) is 0.612. The number of carboxylic acids is 1. The summed E-state index contributed by atoms with van der Waals surface area (Å²) in [6.07, 6.45) is 0.832. The van der Waals surface area contributed by atoms with Crippen LogP contribution in [0.4, 0.5) is 4.79 Å². The number of ether oxygens (including phenoxy) is 1. The van der Waals surface area contributed by atoms with E-state index in [2.05, 4.69) is 5.32 Å². The number of amides is 3. The Balaban J connectivity index is 2.57. The van der Waals surface area contributed by atoms with Crippen molar-refractivity contribution in [2.24, 2.45) is 5.92 Å². The topological polar surface area (TPSA) is 95.9 Å². The fraction of sp³-hybridized carbons (Fsp3) is 0.615. The molecule has 1 aliphatic rings. The van der Waals surface area contributed by atoms with Crippen molar-refractivity contribution in [3.8, 4) is 0 Å². The van der Waals surface area contributed by atoms with E-state index in [1.807, 2.05) is 0 Å². The van der Waals surface area contributed by atoms with Gasteiger partial charge in [-0.1, -0.05) is 0 Å². The smallest absolute Gasteiger partial charge is 0.331 e. The van der Waals surface area contributed by atoms with Crippen LogP contribution in [0, 0.1) is 5.92 Å². The second kappa shape index (κ2) is 7.04. The monoisotopic (exact) mass is 284 g/mol. The molecule has 20 heavy (non-hydrogen) atoms. The van der Waals surface area contributed by atoms with Crippen molar-refractivity contribution in [1.29, 1.82) is 0 Å². The van der Waals surface area contributed by atoms with Crippen molar-refractivity contribution < 1.29 is 24.2 Å². The van der Waals surface area contributed by atoms with Crippen LogP contribution in [0.1, 0.15) is 20.3 Å². The molecule has 0 bridgehead atoms. The number of aliphatic carboxylic acids is 1. The minimum Gasteiger partial charge on any atom is -0.478 e. The molecule has 1 rings (SSSR count). The summed E-state index contributed by atoms with van der Waals surface area (Å²) in [4.78, 5) is 35.9. The fourth-order valence-electron chi connectivity index (χ4n) is 1.99. The van der Waals surface area contributed by atoms with Gasteiger partial charge in [-0.25, -0.2) is 9.59 Å². The second-order valence-corrected chi connectivity index (χ2v) is 4.87. The lowest BCUT2D eigenvalue weighted by Gasteiger charge is -2.17. The van der Waals surface area contributed by atoms with E-state index in [1.54, 1.807) is 7.11 Å². The van der Waals surface area contributed by atoms with Crippen molar-refractivity contribution >= 4 is 17.9 Å². The standard InChI is InChI=1S/C13H20N2O5/c1-8(9(2)12(17)18)11(16)14-13(19)15-5-4-10(6-15)7-20-3/h10H,4-7H2,1-3H3,(H,17,18)(H,14,16,19). The van der Waals surface area contributed by atoms with E-state index in [1.165, 1.54) is 18.7 Å².